The minimum absolute atomic E-state index is 0.380. The molecule has 0 bridgehead atoms. The van der Waals surface area contributed by atoms with Crippen molar-refractivity contribution in [3.63, 3.8) is 0 Å². The summed E-state index contributed by atoms with van der Waals surface area (Å²) in [5, 5.41) is 1.21. The minimum atomic E-state index is 0.380. The van der Waals surface area contributed by atoms with E-state index in [0.29, 0.717) is 23.2 Å². The summed E-state index contributed by atoms with van der Waals surface area (Å²) >= 11 is 15.5. The summed E-state index contributed by atoms with van der Waals surface area (Å²) in [6.07, 6.45) is 0. The zero-order valence-corrected chi connectivity index (χ0v) is 14.0. The quantitative estimate of drug-likeness (QED) is 0.807. The van der Waals surface area contributed by atoms with Crippen LogP contribution in [0.4, 0.5) is 0 Å². The van der Waals surface area contributed by atoms with Gasteiger partial charge in [0.2, 0.25) is 0 Å². The fourth-order valence-corrected chi connectivity index (χ4v) is 3.03. The van der Waals surface area contributed by atoms with Crippen molar-refractivity contribution < 1.29 is 4.74 Å². The van der Waals surface area contributed by atoms with Gasteiger partial charge in [0.25, 0.3) is 0 Å². The van der Waals surface area contributed by atoms with Crippen LogP contribution in [0.25, 0.3) is 0 Å². The van der Waals surface area contributed by atoms with Crippen LogP contribution in [0, 0.1) is 6.92 Å². The number of halogens is 3. The highest BCUT2D eigenvalue weighted by Gasteiger charge is 2.09. The van der Waals surface area contributed by atoms with Crippen molar-refractivity contribution in [2.24, 2.45) is 5.73 Å². The van der Waals surface area contributed by atoms with Crippen LogP contribution in [0.15, 0.2) is 34.8 Å². The Morgan fingerprint density at radius 1 is 1.15 bits per heavy atom. The van der Waals surface area contributed by atoms with E-state index in [1.165, 1.54) is 0 Å². The first kappa shape index (κ1) is 15.6. The van der Waals surface area contributed by atoms with E-state index in [1.807, 2.05) is 25.1 Å². The van der Waals surface area contributed by atoms with Crippen molar-refractivity contribution in [1.82, 2.24) is 0 Å². The van der Waals surface area contributed by atoms with Gasteiger partial charge in [0, 0.05) is 32.2 Å². The summed E-state index contributed by atoms with van der Waals surface area (Å²) < 4.78 is 6.89. The number of hydrogen-bond acceptors (Lipinski definition) is 2. The van der Waals surface area contributed by atoms with Gasteiger partial charge in [0.15, 0.2) is 0 Å². The van der Waals surface area contributed by atoms with E-state index < -0.39 is 0 Å². The molecule has 0 spiro atoms. The Bertz CT molecular complexity index is 632. The van der Waals surface area contributed by atoms with Crippen LogP contribution >= 0.6 is 39.1 Å². The maximum absolute atomic E-state index is 6.14. The molecular formula is C15H14BrCl2NO. The first-order chi connectivity index (χ1) is 9.51. The van der Waals surface area contributed by atoms with E-state index in [2.05, 4.69) is 15.9 Å². The number of nitrogens with two attached hydrogens (primary N) is 1. The topological polar surface area (TPSA) is 35.2 Å². The van der Waals surface area contributed by atoms with Gasteiger partial charge in [0.05, 0.1) is 0 Å². The average Bonchev–Trinajstić information content (AvgIpc) is 2.38. The van der Waals surface area contributed by atoms with Gasteiger partial charge in [-0.05, 0) is 36.8 Å². The third-order valence-corrected chi connectivity index (χ3v) is 3.97. The number of benzene rings is 2. The molecule has 0 aliphatic carbocycles. The Morgan fingerprint density at radius 2 is 1.90 bits per heavy atom. The summed E-state index contributed by atoms with van der Waals surface area (Å²) in [7, 11) is 0. The third-order valence-electron chi connectivity index (χ3n) is 2.92. The van der Waals surface area contributed by atoms with Gasteiger partial charge >= 0.3 is 0 Å². The lowest BCUT2D eigenvalue weighted by atomic mass is 10.1. The average molecular weight is 375 g/mol. The molecular weight excluding hydrogens is 361 g/mol. The molecule has 2 aromatic rings. The van der Waals surface area contributed by atoms with E-state index in [-0.39, 0.29) is 0 Å². The molecule has 5 heteroatoms. The predicted octanol–water partition coefficient (Wildman–Crippen LogP) is 5.10. The molecule has 2 N–H and O–H groups in total. The number of rotatable bonds is 4. The minimum Gasteiger partial charge on any atom is -0.488 e. The first-order valence-electron chi connectivity index (χ1n) is 6.07. The second-order valence-corrected chi connectivity index (χ2v) is 6.20. The summed E-state index contributed by atoms with van der Waals surface area (Å²) in [5.41, 5.74) is 8.65. The number of aryl methyl sites for hydroxylation is 1. The van der Waals surface area contributed by atoms with Crippen molar-refractivity contribution >= 4 is 39.1 Å². The van der Waals surface area contributed by atoms with Crippen molar-refractivity contribution in [1.29, 1.82) is 0 Å². The Labute approximate surface area is 137 Å². The largest absolute Gasteiger partial charge is 0.488 e. The van der Waals surface area contributed by atoms with Gasteiger partial charge < -0.3 is 10.5 Å². The molecule has 106 valence electrons. The van der Waals surface area contributed by atoms with Crippen LogP contribution in [0.2, 0.25) is 10.0 Å². The molecule has 0 aromatic heterocycles. The van der Waals surface area contributed by atoms with Crippen LogP contribution < -0.4 is 10.5 Å². The first-order valence-corrected chi connectivity index (χ1v) is 7.62. The highest BCUT2D eigenvalue weighted by Crippen LogP contribution is 2.29. The molecule has 0 aliphatic rings. The summed E-state index contributed by atoms with van der Waals surface area (Å²) in [5.74, 6) is 0.807. The fourth-order valence-electron chi connectivity index (χ4n) is 1.95. The third kappa shape index (κ3) is 3.67. The van der Waals surface area contributed by atoms with Gasteiger partial charge in [-0.25, -0.2) is 0 Å². The lowest BCUT2D eigenvalue weighted by Crippen LogP contribution is -2.05. The zero-order valence-electron chi connectivity index (χ0n) is 10.9. The highest BCUT2D eigenvalue weighted by atomic mass is 79.9. The Balaban J connectivity index is 2.22. The monoisotopic (exact) mass is 373 g/mol. The molecule has 0 fully saturated rings. The second kappa shape index (κ2) is 6.81. The smallest absolute Gasteiger partial charge is 0.127 e. The molecule has 2 aromatic carbocycles. The molecule has 0 saturated carbocycles. The van der Waals surface area contributed by atoms with Crippen molar-refractivity contribution in [3.05, 3.63) is 61.5 Å². The lowest BCUT2D eigenvalue weighted by Gasteiger charge is -2.14. The Hall–Kier alpha value is -0.740. The zero-order chi connectivity index (χ0) is 14.7. The molecule has 20 heavy (non-hydrogen) atoms. The van der Waals surface area contributed by atoms with Crippen LogP contribution in [0.1, 0.15) is 16.7 Å². The van der Waals surface area contributed by atoms with Gasteiger partial charge in [-0.3, -0.25) is 0 Å². The van der Waals surface area contributed by atoms with Gasteiger partial charge in [-0.15, -0.1) is 0 Å². The van der Waals surface area contributed by atoms with E-state index in [0.717, 1.165) is 26.9 Å². The number of ether oxygens (including phenoxy) is 1. The summed E-state index contributed by atoms with van der Waals surface area (Å²) in [6, 6.07) is 9.33. The van der Waals surface area contributed by atoms with Crippen LogP contribution in [-0.4, -0.2) is 0 Å². The summed E-state index contributed by atoms with van der Waals surface area (Å²) in [6.45, 7) is 2.79. The fraction of sp³-hybridized carbons (Fsp3) is 0.200. The van der Waals surface area contributed by atoms with Gasteiger partial charge in [-0.1, -0.05) is 45.2 Å². The molecule has 0 amide bonds. The molecule has 2 nitrogen and oxygen atoms in total. The second-order valence-electron chi connectivity index (χ2n) is 4.44. The maximum atomic E-state index is 6.14. The molecule has 0 radical (unpaired) electrons. The Kier molecular flexibility index (Phi) is 5.33. The highest BCUT2D eigenvalue weighted by molar-refractivity contribution is 9.10. The normalized spacial score (nSPS) is 10.7. The molecule has 0 atom stereocenters. The number of hydrogen-bond donors (Lipinski definition) is 1. The molecule has 0 heterocycles. The SMILES string of the molecule is Cc1cc(Br)cc(CN)c1OCc1ccc(Cl)cc1Cl. The lowest BCUT2D eigenvalue weighted by molar-refractivity contribution is 0.301. The van der Waals surface area contributed by atoms with E-state index in [1.54, 1.807) is 12.1 Å². The van der Waals surface area contributed by atoms with Crippen molar-refractivity contribution in [2.45, 2.75) is 20.1 Å². The molecule has 0 unspecified atom stereocenters. The maximum Gasteiger partial charge on any atom is 0.127 e. The summed E-state index contributed by atoms with van der Waals surface area (Å²) in [4.78, 5) is 0. The molecule has 0 saturated heterocycles. The van der Waals surface area contributed by atoms with Crippen LogP contribution in [0.3, 0.4) is 0 Å². The van der Waals surface area contributed by atoms with Gasteiger partial charge in [0.1, 0.15) is 12.4 Å². The van der Waals surface area contributed by atoms with Crippen LogP contribution in [-0.2, 0) is 13.2 Å². The van der Waals surface area contributed by atoms with E-state index in [9.17, 15) is 0 Å². The Morgan fingerprint density at radius 3 is 2.55 bits per heavy atom. The standard InChI is InChI=1S/C15H14BrCl2NO/c1-9-4-12(16)5-11(7-19)15(9)20-8-10-2-3-13(17)6-14(10)18/h2-6H,7-8,19H2,1H3. The molecule has 0 aliphatic heterocycles. The van der Waals surface area contributed by atoms with Crippen molar-refractivity contribution in [3.8, 4) is 5.75 Å². The predicted molar refractivity (Wildman–Crippen MR) is 87.6 cm³/mol. The van der Waals surface area contributed by atoms with Crippen molar-refractivity contribution in [2.75, 3.05) is 0 Å². The molecule has 2 rings (SSSR count). The van der Waals surface area contributed by atoms with E-state index in [4.69, 9.17) is 33.7 Å². The van der Waals surface area contributed by atoms with E-state index >= 15 is 0 Å². The van der Waals surface area contributed by atoms with Crippen LogP contribution in [0.5, 0.6) is 5.75 Å². The van der Waals surface area contributed by atoms with Gasteiger partial charge in [-0.2, -0.15) is 0 Å².